The van der Waals surface area contributed by atoms with Gasteiger partial charge in [-0.25, -0.2) is 0 Å². The summed E-state index contributed by atoms with van der Waals surface area (Å²) in [6, 6.07) is 0. The van der Waals surface area contributed by atoms with E-state index in [4.69, 9.17) is 5.11 Å². The highest BCUT2D eigenvalue weighted by Gasteiger charge is 2.72. The predicted molar refractivity (Wildman–Crippen MR) is 29.7 cm³/mol. The summed E-state index contributed by atoms with van der Waals surface area (Å²) in [6.07, 6.45) is -2.29. The lowest BCUT2D eigenvalue weighted by Gasteiger charge is -2.45. The molecule has 0 radical (unpaired) electrons. The number of halogens is 4. The minimum absolute atomic E-state index is 0.919. The maximum atomic E-state index is 12.3. The molecule has 0 aromatic rings. The summed E-state index contributed by atoms with van der Waals surface area (Å²) >= 11 is 0. The quantitative estimate of drug-likeness (QED) is 0.596. The van der Waals surface area contributed by atoms with E-state index in [1.165, 1.54) is 0 Å². The largest absolute Gasteiger partial charge is 0.393 e. The third kappa shape index (κ3) is 1.02. The summed E-state index contributed by atoms with van der Waals surface area (Å²) in [4.78, 5) is 0. The van der Waals surface area contributed by atoms with E-state index in [-0.39, 0.29) is 0 Å². The first-order chi connectivity index (χ1) is 4.79. The Bertz CT molecular complexity index is 166. The van der Waals surface area contributed by atoms with Crippen LogP contribution in [0.1, 0.15) is 13.3 Å². The van der Waals surface area contributed by atoms with E-state index >= 15 is 0 Å². The monoisotopic (exact) mass is 172 g/mol. The van der Waals surface area contributed by atoms with Crippen LogP contribution in [0.3, 0.4) is 0 Å². The van der Waals surface area contributed by atoms with Crippen molar-refractivity contribution in [1.82, 2.24) is 0 Å². The molecule has 11 heavy (non-hydrogen) atoms. The molecular formula is C6H8F4O. The lowest BCUT2D eigenvalue weighted by molar-refractivity contribution is -0.328. The average Bonchev–Trinajstić information content (AvgIpc) is 1.82. The molecule has 0 heterocycles. The Morgan fingerprint density at radius 1 is 1.36 bits per heavy atom. The van der Waals surface area contributed by atoms with Crippen molar-refractivity contribution in [2.45, 2.75) is 31.3 Å². The minimum Gasteiger partial charge on any atom is -0.393 e. The van der Waals surface area contributed by atoms with Gasteiger partial charge in [-0.1, -0.05) is 0 Å². The molecule has 5 heteroatoms. The van der Waals surface area contributed by atoms with Gasteiger partial charge in [0.1, 0.15) is 0 Å². The Labute approximate surface area is 61.0 Å². The van der Waals surface area contributed by atoms with Crippen molar-refractivity contribution in [3.8, 4) is 0 Å². The van der Waals surface area contributed by atoms with Crippen LogP contribution in [-0.2, 0) is 0 Å². The molecule has 1 aliphatic carbocycles. The van der Waals surface area contributed by atoms with Gasteiger partial charge in [0.25, 0.3) is 0 Å². The van der Waals surface area contributed by atoms with E-state index < -0.39 is 30.3 Å². The summed E-state index contributed by atoms with van der Waals surface area (Å²) in [5.74, 6) is -9.53. The van der Waals surface area contributed by atoms with Gasteiger partial charge in [-0.3, -0.25) is 0 Å². The van der Waals surface area contributed by atoms with Crippen LogP contribution in [0.2, 0.25) is 0 Å². The molecule has 2 atom stereocenters. The van der Waals surface area contributed by atoms with Gasteiger partial charge >= 0.3 is 11.8 Å². The molecule has 1 fully saturated rings. The Balaban J connectivity index is 2.69. The lowest BCUT2D eigenvalue weighted by Crippen LogP contribution is -2.61. The smallest absolute Gasteiger partial charge is 0.315 e. The second-order valence-corrected chi connectivity index (χ2v) is 2.88. The number of aliphatic hydroxyl groups is 1. The minimum atomic E-state index is -4.03. The normalized spacial score (nSPS) is 36.0. The average molecular weight is 172 g/mol. The summed E-state index contributed by atoms with van der Waals surface area (Å²) in [5.41, 5.74) is 0. The van der Waals surface area contributed by atoms with Crippen LogP contribution in [0.25, 0.3) is 0 Å². The fraction of sp³-hybridized carbons (Fsp3) is 1.00. The van der Waals surface area contributed by atoms with E-state index in [0.717, 1.165) is 6.92 Å². The standard InChI is InChI=1S/C6H8F4O/c1-3(11)4-2-5(7,8)6(4,9)10/h3-4,11H,2H2,1H3. The van der Waals surface area contributed by atoms with Crippen molar-refractivity contribution in [1.29, 1.82) is 0 Å². The molecule has 1 rings (SSSR count). The second kappa shape index (κ2) is 2.09. The summed E-state index contributed by atoms with van der Waals surface area (Å²) in [5, 5.41) is 8.63. The molecule has 0 amide bonds. The Morgan fingerprint density at radius 2 is 1.82 bits per heavy atom. The Morgan fingerprint density at radius 3 is 1.91 bits per heavy atom. The van der Waals surface area contributed by atoms with Crippen LogP contribution in [-0.4, -0.2) is 23.1 Å². The molecule has 1 N–H and O–H groups in total. The van der Waals surface area contributed by atoms with Gasteiger partial charge in [-0.15, -0.1) is 0 Å². The van der Waals surface area contributed by atoms with Crippen LogP contribution >= 0.6 is 0 Å². The van der Waals surface area contributed by atoms with Gasteiger partial charge in [0.05, 0.1) is 12.0 Å². The third-order valence-corrected chi connectivity index (χ3v) is 2.01. The van der Waals surface area contributed by atoms with Gasteiger partial charge in [-0.05, 0) is 6.92 Å². The van der Waals surface area contributed by atoms with Gasteiger partial charge in [0.2, 0.25) is 0 Å². The number of aliphatic hydroxyl groups excluding tert-OH is 1. The van der Waals surface area contributed by atoms with Gasteiger partial charge < -0.3 is 5.11 Å². The zero-order valence-corrected chi connectivity index (χ0v) is 5.82. The number of hydrogen-bond acceptors (Lipinski definition) is 1. The highest BCUT2D eigenvalue weighted by molar-refractivity contribution is 5.04. The molecular weight excluding hydrogens is 164 g/mol. The van der Waals surface area contributed by atoms with Crippen LogP contribution in [0.15, 0.2) is 0 Å². The molecule has 0 aromatic heterocycles. The van der Waals surface area contributed by atoms with Crippen molar-refractivity contribution < 1.29 is 22.7 Å². The van der Waals surface area contributed by atoms with Crippen LogP contribution in [0.5, 0.6) is 0 Å². The Kier molecular flexibility index (Phi) is 1.67. The van der Waals surface area contributed by atoms with Gasteiger partial charge in [-0.2, -0.15) is 17.6 Å². The number of rotatable bonds is 1. The van der Waals surface area contributed by atoms with Crippen molar-refractivity contribution >= 4 is 0 Å². The molecule has 66 valence electrons. The molecule has 0 saturated heterocycles. The molecule has 1 saturated carbocycles. The van der Waals surface area contributed by atoms with Crippen molar-refractivity contribution in [2.24, 2.45) is 5.92 Å². The van der Waals surface area contributed by atoms with E-state index in [9.17, 15) is 17.6 Å². The van der Waals surface area contributed by atoms with Gasteiger partial charge in [0, 0.05) is 6.42 Å². The summed E-state index contributed by atoms with van der Waals surface area (Å²) in [6.45, 7) is 1.09. The number of alkyl halides is 4. The molecule has 0 spiro atoms. The Hall–Kier alpha value is -0.320. The van der Waals surface area contributed by atoms with E-state index in [2.05, 4.69) is 0 Å². The fourth-order valence-electron chi connectivity index (χ4n) is 1.15. The van der Waals surface area contributed by atoms with Gasteiger partial charge in [0.15, 0.2) is 0 Å². The second-order valence-electron chi connectivity index (χ2n) is 2.88. The van der Waals surface area contributed by atoms with Crippen molar-refractivity contribution in [3.05, 3.63) is 0 Å². The highest BCUT2D eigenvalue weighted by atomic mass is 19.3. The summed E-state index contributed by atoms with van der Waals surface area (Å²) in [7, 11) is 0. The van der Waals surface area contributed by atoms with Crippen molar-refractivity contribution in [2.75, 3.05) is 0 Å². The molecule has 0 aromatic carbocycles. The maximum Gasteiger partial charge on any atom is 0.315 e. The fourth-order valence-corrected chi connectivity index (χ4v) is 1.15. The predicted octanol–water partition coefficient (Wildman–Crippen LogP) is 1.66. The molecule has 0 aliphatic heterocycles. The zero-order valence-electron chi connectivity index (χ0n) is 5.82. The molecule has 0 bridgehead atoms. The molecule has 1 aliphatic rings. The third-order valence-electron chi connectivity index (χ3n) is 2.01. The van der Waals surface area contributed by atoms with E-state index in [1.807, 2.05) is 0 Å². The van der Waals surface area contributed by atoms with Crippen molar-refractivity contribution in [3.63, 3.8) is 0 Å². The first kappa shape index (κ1) is 8.77. The first-order valence-electron chi connectivity index (χ1n) is 3.23. The summed E-state index contributed by atoms with van der Waals surface area (Å²) < 4.78 is 48.8. The molecule has 1 nitrogen and oxygen atoms in total. The van der Waals surface area contributed by atoms with E-state index in [1.54, 1.807) is 0 Å². The SMILES string of the molecule is CC(O)C1CC(F)(F)C1(F)F. The van der Waals surface area contributed by atoms with Crippen LogP contribution < -0.4 is 0 Å². The molecule has 2 unspecified atom stereocenters. The van der Waals surface area contributed by atoms with E-state index in [0.29, 0.717) is 0 Å². The van der Waals surface area contributed by atoms with Crippen LogP contribution in [0.4, 0.5) is 17.6 Å². The zero-order chi connectivity index (χ0) is 8.86. The maximum absolute atomic E-state index is 12.3. The lowest BCUT2D eigenvalue weighted by atomic mass is 9.74. The highest BCUT2D eigenvalue weighted by Crippen LogP contribution is 2.56. The topological polar surface area (TPSA) is 20.2 Å². The van der Waals surface area contributed by atoms with Crippen LogP contribution in [0, 0.1) is 5.92 Å². The number of hydrogen-bond donors (Lipinski definition) is 1. The first-order valence-corrected chi connectivity index (χ1v) is 3.23.